The number of likely N-dealkylation sites (N-methyl/N-ethyl adjacent to an activating group) is 1. The fourth-order valence-electron chi connectivity index (χ4n) is 2.34. The van der Waals surface area contributed by atoms with Crippen LogP contribution >= 0.6 is 0 Å². The fourth-order valence-corrected chi connectivity index (χ4v) is 2.34. The number of amides is 1. The highest BCUT2D eigenvalue weighted by molar-refractivity contribution is 5.68. The van der Waals surface area contributed by atoms with Gasteiger partial charge in [-0.15, -0.1) is 0 Å². The molecule has 1 aliphatic carbocycles. The van der Waals surface area contributed by atoms with Gasteiger partial charge in [-0.25, -0.2) is 4.79 Å². The van der Waals surface area contributed by atoms with Crippen molar-refractivity contribution in [3.63, 3.8) is 0 Å². The molecule has 0 saturated heterocycles. The van der Waals surface area contributed by atoms with E-state index in [1.807, 2.05) is 39.8 Å². The van der Waals surface area contributed by atoms with Gasteiger partial charge in [0.1, 0.15) is 5.60 Å². The van der Waals surface area contributed by atoms with E-state index in [-0.39, 0.29) is 12.1 Å². The smallest absolute Gasteiger partial charge is 0.407 e. The molecule has 0 aromatic rings. The molecule has 0 unspecified atom stereocenters. The number of alkyl carbamates (subject to hydrolysis) is 1. The van der Waals surface area contributed by atoms with Crippen molar-refractivity contribution < 1.29 is 14.6 Å². The van der Waals surface area contributed by atoms with E-state index in [0.717, 1.165) is 12.8 Å². The Hall–Kier alpha value is -0.810. The van der Waals surface area contributed by atoms with E-state index in [0.29, 0.717) is 6.42 Å². The van der Waals surface area contributed by atoms with Crippen LogP contribution < -0.4 is 5.32 Å². The fraction of sp³-hybridized carbons (Fsp3) is 0.923. The molecule has 0 aromatic carbocycles. The number of hydrogen-bond donors (Lipinski definition) is 2. The van der Waals surface area contributed by atoms with Crippen LogP contribution in [-0.4, -0.2) is 54.0 Å². The first-order chi connectivity index (χ1) is 8.19. The van der Waals surface area contributed by atoms with Gasteiger partial charge in [-0.3, -0.25) is 0 Å². The summed E-state index contributed by atoms with van der Waals surface area (Å²) < 4.78 is 5.21. The molecular weight excluding hydrogens is 232 g/mol. The molecule has 1 aliphatic rings. The van der Waals surface area contributed by atoms with E-state index in [9.17, 15) is 9.90 Å². The van der Waals surface area contributed by atoms with Crippen LogP contribution in [-0.2, 0) is 4.74 Å². The molecule has 0 heterocycles. The maximum Gasteiger partial charge on any atom is 0.407 e. The van der Waals surface area contributed by atoms with Crippen molar-refractivity contribution in [2.75, 3.05) is 14.1 Å². The normalized spacial score (nSPS) is 29.2. The third-order valence-corrected chi connectivity index (χ3v) is 3.17. The van der Waals surface area contributed by atoms with Crippen LogP contribution in [0.15, 0.2) is 0 Å². The Bertz CT molecular complexity index is 286. The summed E-state index contributed by atoms with van der Waals surface area (Å²) in [5.41, 5.74) is -0.483. The molecule has 1 rings (SSSR count). The Balaban J connectivity index is 2.40. The number of hydrogen-bond acceptors (Lipinski definition) is 4. The number of rotatable bonds is 2. The zero-order valence-electron chi connectivity index (χ0n) is 12.1. The Morgan fingerprint density at radius 1 is 1.33 bits per heavy atom. The number of nitrogens with zero attached hydrogens (tertiary/aromatic N) is 1. The van der Waals surface area contributed by atoms with E-state index in [1.165, 1.54) is 0 Å². The molecule has 3 atom stereocenters. The van der Waals surface area contributed by atoms with Crippen molar-refractivity contribution in [1.82, 2.24) is 10.2 Å². The maximum atomic E-state index is 11.6. The molecule has 106 valence electrons. The molecule has 1 amide bonds. The summed E-state index contributed by atoms with van der Waals surface area (Å²) in [6.45, 7) is 5.51. The lowest BCUT2D eigenvalue weighted by molar-refractivity contribution is 0.0220. The van der Waals surface area contributed by atoms with Gasteiger partial charge in [0.25, 0.3) is 0 Å². The second-order valence-electron chi connectivity index (χ2n) is 6.25. The average molecular weight is 258 g/mol. The molecule has 0 spiro atoms. The lowest BCUT2D eigenvalue weighted by Gasteiger charge is -2.37. The summed E-state index contributed by atoms with van der Waals surface area (Å²) in [6, 6.07) is 0.188. The summed E-state index contributed by atoms with van der Waals surface area (Å²) in [6.07, 6.45) is 1.55. The standard InChI is InChI=1S/C13H26N2O3/c1-13(2,3)18-12(17)14-9-6-7-10(15(4)5)11(16)8-9/h9-11,16H,6-8H2,1-5H3,(H,14,17)/t9-,10-,11-/m0/s1. The SMILES string of the molecule is CN(C)[C@H]1CC[C@H](NC(=O)OC(C)(C)C)C[C@@H]1O. The molecule has 0 radical (unpaired) electrons. The summed E-state index contributed by atoms with van der Waals surface area (Å²) in [5.74, 6) is 0. The molecule has 18 heavy (non-hydrogen) atoms. The van der Waals surface area contributed by atoms with Gasteiger partial charge in [0.05, 0.1) is 6.10 Å². The van der Waals surface area contributed by atoms with Gasteiger partial charge < -0.3 is 20.1 Å². The van der Waals surface area contributed by atoms with E-state index in [2.05, 4.69) is 5.32 Å². The van der Waals surface area contributed by atoms with Crippen LogP contribution in [0.3, 0.4) is 0 Å². The summed E-state index contributed by atoms with van der Waals surface area (Å²) in [7, 11) is 3.94. The number of aliphatic hydroxyl groups excluding tert-OH is 1. The highest BCUT2D eigenvalue weighted by Crippen LogP contribution is 2.22. The van der Waals surface area contributed by atoms with Gasteiger partial charge >= 0.3 is 6.09 Å². The highest BCUT2D eigenvalue weighted by atomic mass is 16.6. The second-order valence-corrected chi connectivity index (χ2v) is 6.25. The molecule has 0 aromatic heterocycles. The minimum atomic E-state index is -0.483. The van der Waals surface area contributed by atoms with Crippen molar-refractivity contribution in [2.24, 2.45) is 0 Å². The molecule has 5 nitrogen and oxygen atoms in total. The lowest BCUT2D eigenvalue weighted by Crippen LogP contribution is -2.50. The number of carbonyl (C=O) groups is 1. The van der Waals surface area contributed by atoms with Gasteiger partial charge in [-0.2, -0.15) is 0 Å². The zero-order chi connectivity index (χ0) is 13.9. The van der Waals surface area contributed by atoms with Crippen LogP contribution in [0.5, 0.6) is 0 Å². The Kier molecular flexibility index (Phi) is 4.99. The van der Waals surface area contributed by atoms with Crippen LogP contribution in [0.1, 0.15) is 40.0 Å². The Morgan fingerprint density at radius 2 is 1.94 bits per heavy atom. The quantitative estimate of drug-likeness (QED) is 0.785. The maximum absolute atomic E-state index is 11.6. The van der Waals surface area contributed by atoms with Crippen molar-refractivity contribution in [3.05, 3.63) is 0 Å². The van der Waals surface area contributed by atoms with Crippen LogP contribution in [0.2, 0.25) is 0 Å². The minimum Gasteiger partial charge on any atom is -0.444 e. The summed E-state index contributed by atoms with van der Waals surface area (Å²) >= 11 is 0. The molecule has 0 bridgehead atoms. The number of carbonyl (C=O) groups excluding carboxylic acids is 1. The average Bonchev–Trinajstić information content (AvgIpc) is 2.13. The van der Waals surface area contributed by atoms with Gasteiger partial charge in [-0.1, -0.05) is 0 Å². The minimum absolute atomic E-state index is 0.00560. The topological polar surface area (TPSA) is 61.8 Å². The number of ether oxygens (including phenoxy) is 1. The Morgan fingerprint density at radius 3 is 2.39 bits per heavy atom. The number of aliphatic hydroxyl groups is 1. The van der Waals surface area contributed by atoms with Crippen molar-refractivity contribution in [2.45, 2.75) is 63.8 Å². The zero-order valence-corrected chi connectivity index (χ0v) is 12.1. The third kappa shape index (κ3) is 4.82. The van der Waals surface area contributed by atoms with Gasteiger partial charge in [0.2, 0.25) is 0 Å². The summed E-state index contributed by atoms with van der Waals surface area (Å²) in [5, 5.41) is 12.8. The van der Waals surface area contributed by atoms with E-state index < -0.39 is 17.8 Å². The first kappa shape index (κ1) is 15.2. The third-order valence-electron chi connectivity index (χ3n) is 3.17. The lowest BCUT2D eigenvalue weighted by atomic mass is 9.88. The van der Waals surface area contributed by atoms with Crippen molar-refractivity contribution in [3.8, 4) is 0 Å². The first-order valence-electron chi connectivity index (χ1n) is 6.53. The predicted octanol–water partition coefficient (Wildman–Crippen LogP) is 1.35. The second kappa shape index (κ2) is 5.89. The van der Waals surface area contributed by atoms with Gasteiger partial charge in [0.15, 0.2) is 0 Å². The monoisotopic (exact) mass is 258 g/mol. The van der Waals surface area contributed by atoms with Crippen LogP contribution in [0.4, 0.5) is 4.79 Å². The van der Waals surface area contributed by atoms with Gasteiger partial charge in [-0.05, 0) is 54.1 Å². The van der Waals surface area contributed by atoms with Crippen molar-refractivity contribution >= 4 is 6.09 Å². The number of nitrogens with one attached hydrogen (secondary N) is 1. The first-order valence-corrected chi connectivity index (χ1v) is 6.53. The van der Waals surface area contributed by atoms with Crippen molar-refractivity contribution in [1.29, 1.82) is 0 Å². The van der Waals surface area contributed by atoms with E-state index in [1.54, 1.807) is 0 Å². The van der Waals surface area contributed by atoms with E-state index in [4.69, 9.17) is 4.74 Å². The molecular formula is C13H26N2O3. The molecule has 5 heteroatoms. The van der Waals surface area contributed by atoms with E-state index >= 15 is 0 Å². The highest BCUT2D eigenvalue weighted by Gasteiger charge is 2.31. The Labute approximate surface area is 109 Å². The summed E-state index contributed by atoms with van der Waals surface area (Å²) in [4.78, 5) is 13.7. The van der Waals surface area contributed by atoms with Crippen LogP contribution in [0.25, 0.3) is 0 Å². The largest absolute Gasteiger partial charge is 0.444 e. The predicted molar refractivity (Wildman–Crippen MR) is 70.5 cm³/mol. The molecule has 1 saturated carbocycles. The molecule has 1 fully saturated rings. The van der Waals surface area contributed by atoms with Crippen LogP contribution in [0, 0.1) is 0 Å². The molecule has 0 aliphatic heterocycles. The molecule has 2 N–H and O–H groups in total. The van der Waals surface area contributed by atoms with Gasteiger partial charge in [0, 0.05) is 12.1 Å².